The van der Waals surface area contributed by atoms with E-state index < -0.39 is 6.43 Å². The number of nitriles is 1. The number of hydrogen-bond donors (Lipinski definition) is 0. The minimum Gasteiger partial charge on any atom is -0.481 e. The van der Waals surface area contributed by atoms with Crippen molar-refractivity contribution in [2.75, 3.05) is 7.11 Å². The molecule has 0 atom stereocenters. The number of nitrogens with zero attached hydrogens (tertiary/aromatic N) is 2. The molecular formula is C10H10F2N2O. The average Bonchev–Trinajstić information content (AvgIpc) is 2.16. The van der Waals surface area contributed by atoms with Crippen molar-refractivity contribution in [3.8, 4) is 11.9 Å². The van der Waals surface area contributed by atoms with Crippen molar-refractivity contribution in [3.05, 3.63) is 22.9 Å². The van der Waals surface area contributed by atoms with Gasteiger partial charge < -0.3 is 4.74 Å². The fourth-order valence-corrected chi connectivity index (χ4v) is 1.35. The van der Waals surface area contributed by atoms with Crippen molar-refractivity contribution >= 4 is 0 Å². The van der Waals surface area contributed by atoms with Crippen LogP contribution in [0.15, 0.2) is 6.07 Å². The quantitative estimate of drug-likeness (QED) is 0.772. The number of halogens is 2. The summed E-state index contributed by atoms with van der Waals surface area (Å²) in [5.74, 6) is 0.252. The van der Waals surface area contributed by atoms with Crippen molar-refractivity contribution in [1.82, 2.24) is 4.98 Å². The minimum absolute atomic E-state index is 0.0700. The molecule has 3 nitrogen and oxygen atoms in total. The standard InChI is InChI=1S/C10H10F2N2O/c1-6-9(10(11)12)7(3-4-13)5-8(14-6)15-2/h5,10H,3H2,1-2H3. The van der Waals surface area contributed by atoms with Crippen LogP contribution in [-0.2, 0) is 6.42 Å². The summed E-state index contributed by atoms with van der Waals surface area (Å²) in [5.41, 5.74) is 0.309. The number of aryl methyl sites for hydroxylation is 1. The second-order valence-corrected chi connectivity index (χ2v) is 2.96. The molecule has 0 radical (unpaired) electrons. The van der Waals surface area contributed by atoms with Gasteiger partial charge >= 0.3 is 0 Å². The summed E-state index contributed by atoms with van der Waals surface area (Å²) in [6, 6.07) is 3.21. The molecule has 1 rings (SSSR count). The van der Waals surface area contributed by atoms with Gasteiger partial charge in [0, 0.05) is 11.6 Å². The van der Waals surface area contributed by atoms with Crippen molar-refractivity contribution in [3.63, 3.8) is 0 Å². The van der Waals surface area contributed by atoms with E-state index in [-0.39, 0.29) is 29.1 Å². The van der Waals surface area contributed by atoms with Crippen LogP contribution in [0.4, 0.5) is 8.78 Å². The summed E-state index contributed by atoms with van der Waals surface area (Å²) < 4.78 is 30.2. The maximum Gasteiger partial charge on any atom is 0.265 e. The topological polar surface area (TPSA) is 45.9 Å². The molecule has 0 aliphatic heterocycles. The predicted octanol–water partition coefficient (Wildman–Crippen LogP) is 2.40. The molecule has 1 heterocycles. The molecule has 0 saturated carbocycles. The number of hydrogen-bond acceptors (Lipinski definition) is 3. The van der Waals surface area contributed by atoms with E-state index in [2.05, 4.69) is 4.98 Å². The first-order chi connectivity index (χ1) is 7.10. The highest BCUT2D eigenvalue weighted by Crippen LogP contribution is 2.28. The smallest absolute Gasteiger partial charge is 0.265 e. The van der Waals surface area contributed by atoms with E-state index in [4.69, 9.17) is 10.00 Å². The van der Waals surface area contributed by atoms with Crippen LogP contribution in [-0.4, -0.2) is 12.1 Å². The highest BCUT2D eigenvalue weighted by molar-refractivity contribution is 5.37. The number of aromatic nitrogens is 1. The van der Waals surface area contributed by atoms with Crippen LogP contribution in [0.3, 0.4) is 0 Å². The first-order valence-corrected chi connectivity index (χ1v) is 4.29. The molecule has 1 aromatic heterocycles. The minimum atomic E-state index is -2.62. The predicted molar refractivity (Wildman–Crippen MR) is 49.8 cm³/mol. The molecule has 0 fully saturated rings. The number of alkyl halides is 2. The van der Waals surface area contributed by atoms with E-state index in [1.165, 1.54) is 20.1 Å². The van der Waals surface area contributed by atoms with Crippen LogP contribution in [0, 0.1) is 18.3 Å². The van der Waals surface area contributed by atoms with Gasteiger partial charge in [-0.3, -0.25) is 0 Å². The molecular weight excluding hydrogens is 202 g/mol. The van der Waals surface area contributed by atoms with Crippen LogP contribution in [0.1, 0.15) is 23.2 Å². The molecule has 0 saturated heterocycles. The normalized spacial score (nSPS) is 10.1. The number of rotatable bonds is 3. The molecule has 0 N–H and O–H groups in total. The monoisotopic (exact) mass is 212 g/mol. The Morgan fingerprint density at radius 2 is 2.27 bits per heavy atom. The van der Waals surface area contributed by atoms with Crippen LogP contribution >= 0.6 is 0 Å². The van der Waals surface area contributed by atoms with Gasteiger partial charge in [-0.2, -0.15) is 5.26 Å². The van der Waals surface area contributed by atoms with Crippen LogP contribution < -0.4 is 4.74 Å². The number of methoxy groups -OCH3 is 1. The van der Waals surface area contributed by atoms with Gasteiger partial charge in [-0.05, 0) is 12.5 Å². The summed E-state index contributed by atoms with van der Waals surface area (Å²) in [5, 5.41) is 8.52. The third-order valence-electron chi connectivity index (χ3n) is 2.01. The lowest BCUT2D eigenvalue weighted by atomic mass is 10.0. The zero-order valence-electron chi connectivity index (χ0n) is 8.42. The third-order valence-corrected chi connectivity index (χ3v) is 2.01. The van der Waals surface area contributed by atoms with Crippen molar-refractivity contribution in [2.45, 2.75) is 19.8 Å². The number of ether oxygens (including phenoxy) is 1. The van der Waals surface area contributed by atoms with Crippen LogP contribution in [0.5, 0.6) is 5.88 Å². The number of pyridine rings is 1. The van der Waals surface area contributed by atoms with E-state index in [0.29, 0.717) is 0 Å². The van der Waals surface area contributed by atoms with Crippen LogP contribution in [0.25, 0.3) is 0 Å². The van der Waals surface area contributed by atoms with Gasteiger partial charge in [0.1, 0.15) is 0 Å². The largest absolute Gasteiger partial charge is 0.481 e. The lowest BCUT2D eigenvalue weighted by Gasteiger charge is -2.10. The third kappa shape index (κ3) is 2.40. The zero-order valence-corrected chi connectivity index (χ0v) is 8.42. The second-order valence-electron chi connectivity index (χ2n) is 2.96. The van der Waals surface area contributed by atoms with Gasteiger partial charge in [-0.1, -0.05) is 0 Å². The lowest BCUT2D eigenvalue weighted by molar-refractivity contribution is 0.149. The van der Waals surface area contributed by atoms with Gasteiger partial charge in [0.25, 0.3) is 6.43 Å². The Hall–Kier alpha value is -1.70. The molecule has 1 aromatic rings. The fourth-order valence-electron chi connectivity index (χ4n) is 1.35. The summed E-state index contributed by atoms with van der Waals surface area (Å²) >= 11 is 0. The highest BCUT2D eigenvalue weighted by atomic mass is 19.3. The van der Waals surface area contributed by atoms with Crippen molar-refractivity contribution < 1.29 is 13.5 Å². The molecule has 0 amide bonds. The molecule has 0 aliphatic carbocycles. The van der Waals surface area contributed by atoms with Crippen molar-refractivity contribution in [1.29, 1.82) is 5.26 Å². The second kappa shape index (κ2) is 4.69. The Morgan fingerprint density at radius 1 is 1.60 bits per heavy atom. The Balaban J connectivity index is 3.30. The maximum atomic E-state index is 12.7. The van der Waals surface area contributed by atoms with Crippen LogP contribution in [0.2, 0.25) is 0 Å². The first kappa shape index (κ1) is 11.4. The Morgan fingerprint density at radius 3 is 2.73 bits per heavy atom. The molecule has 5 heteroatoms. The average molecular weight is 212 g/mol. The Bertz CT molecular complexity index is 399. The first-order valence-electron chi connectivity index (χ1n) is 4.29. The van der Waals surface area contributed by atoms with Crippen molar-refractivity contribution in [2.24, 2.45) is 0 Å². The molecule has 0 unspecified atom stereocenters. The van der Waals surface area contributed by atoms with Gasteiger partial charge in [0.15, 0.2) is 0 Å². The van der Waals surface area contributed by atoms with Gasteiger partial charge in [0.05, 0.1) is 25.3 Å². The molecule has 0 spiro atoms. The summed E-state index contributed by atoms with van der Waals surface area (Å²) in [6.07, 6.45) is -2.69. The van der Waals surface area contributed by atoms with E-state index in [1.54, 1.807) is 0 Å². The Labute approximate surface area is 86.3 Å². The molecule has 15 heavy (non-hydrogen) atoms. The molecule has 0 aliphatic rings. The van der Waals surface area contributed by atoms with E-state index in [9.17, 15) is 8.78 Å². The SMILES string of the molecule is COc1cc(CC#N)c(C(F)F)c(C)n1. The van der Waals surface area contributed by atoms with Gasteiger partial charge in [0.2, 0.25) is 5.88 Å². The fraction of sp³-hybridized carbons (Fsp3) is 0.400. The van der Waals surface area contributed by atoms with Gasteiger partial charge in [-0.25, -0.2) is 13.8 Å². The molecule has 80 valence electrons. The Kier molecular flexibility index (Phi) is 3.56. The highest BCUT2D eigenvalue weighted by Gasteiger charge is 2.18. The molecule has 0 bridgehead atoms. The molecule has 0 aromatic carbocycles. The lowest BCUT2D eigenvalue weighted by Crippen LogP contribution is -2.02. The van der Waals surface area contributed by atoms with E-state index >= 15 is 0 Å². The zero-order chi connectivity index (χ0) is 11.4. The van der Waals surface area contributed by atoms with E-state index in [1.807, 2.05) is 6.07 Å². The summed E-state index contributed by atoms with van der Waals surface area (Å²) in [6.45, 7) is 1.48. The summed E-state index contributed by atoms with van der Waals surface area (Å²) in [4.78, 5) is 3.84. The van der Waals surface area contributed by atoms with E-state index in [0.717, 1.165) is 0 Å². The summed E-state index contributed by atoms with van der Waals surface area (Å²) in [7, 11) is 1.40. The maximum absolute atomic E-state index is 12.7. The van der Waals surface area contributed by atoms with Gasteiger partial charge in [-0.15, -0.1) is 0 Å².